The van der Waals surface area contributed by atoms with E-state index in [1.165, 1.54) is 17.6 Å². The van der Waals surface area contributed by atoms with Gasteiger partial charge in [0, 0.05) is 13.0 Å². The molecule has 0 radical (unpaired) electrons. The Kier molecular flexibility index (Phi) is 12.3. The maximum Gasteiger partial charge on any atom is 0.413 e. The van der Waals surface area contributed by atoms with Gasteiger partial charge in [-0.15, -0.1) is 0 Å². The van der Waals surface area contributed by atoms with Gasteiger partial charge in [0.1, 0.15) is 29.2 Å². The Morgan fingerprint density at radius 3 is 2.37 bits per heavy atom. The number of rotatable bonds is 14. The highest BCUT2D eigenvalue weighted by Gasteiger charge is 2.45. The molecule has 0 aliphatic carbocycles. The van der Waals surface area contributed by atoms with Crippen LogP contribution in [0.3, 0.4) is 0 Å². The molecular weight excluding hydrogens is 654 g/mol. The Balaban J connectivity index is 1.27. The van der Waals surface area contributed by atoms with Gasteiger partial charge in [0.25, 0.3) is 0 Å². The molecule has 0 aromatic heterocycles. The van der Waals surface area contributed by atoms with Crippen LogP contribution in [-0.4, -0.2) is 79.1 Å². The van der Waals surface area contributed by atoms with Crippen LogP contribution in [0.5, 0.6) is 11.5 Å². The summed E-state index contributed by atoms with van der Waals surface area (Å²) in [6, 6.07) is 19.1. The summed E-state index contributed by atoms with van der Waals surface area (Å²) < 4.78 is 21.8. The SMILES string of the molecule is COc1ccc(OC(=O)NC2CCc3cccc4c3N(C2=O)C(C(=O)NC(CC(=O)OC(C)(C)C)C(O)COCCCc2ccccc2)C4)cc1. The third-order valence-electron chi connectivity index (χ3n) is 8.76. The number of carbonyl (C=O) groups excluding carboxylic acids is 4. The summed E-state index contributed by atoms with van der Waals surface area (Å²) in [6.45, 7) is 5.46. The predicted molar refractivity (Wildman–Crippen MR) is 190 cm³/mol. The number of para-hydroxylation sites is 1. The number of hydrogen-bond donors (Lipinski definition) is 3. The molecule has 12 heteroatoms. The van der Waals surface area contributed by atoms with E-state index in [0.717, 1.165) is 24.0 Å². The summed E-state index contributed by atoms with van der Waals surface area (Å²) in [6.07, 6.45) is 0.162. The van der Waals surface area contributed by atoms with Crippen molar-refractivity contribution >= 4 is 29.6 Å². The molecule has 3 amide bonds. The molecule has 2 heterocycles. The van der Waals surface area contributed by atoms with Gasteiger partial charge in [0.2, 0.25) is 11.8 Å². The molecule has 4 unspecified atom stereocenters. The quantitative estimate of drug-likeness (QED) is 0.165. The molecule has 0 fully saturated rings. The Labute approximate surface area is 298 Å². The van der Waals surface area contributed by atoms with E-state index >= 15 is 0 Å². The van der Waals surface area contributed by atoms with Gasteiger partial charge in [-0.2, -0.15) is 0 Å². The molecule has 2 aliphatic heterocycles. The van der Waals surface area contributed by atoms with Gasteiger partial charge in [0.05, 0.1) is 38.0 Å². The normalized spacial score (nSPS) is 17.8. The highest BCUT2D eigenvalue weighted by molar-refractivity contribution is 6.07. The van der Waals surface area contributed by atoms with Crippen LogP contribution in [-0.2, 0) is 43.1 Å². The average Bonchev–Trinajstić information content (AvgIpc) is 3.43. The van der Waals surface area contributed by atoms with Crippen molar-refractivity contribution in [3.63, 3.8) is 0 Å². The number of aliphatic hydroxyl groups is 1. The van der Waals surface area contributed by atoms with E-state index in [0.29, 0.717) is 30.9 Å². The highest BCUT2D eigenvalue weighted by Crippen LogP contribution is 2.39. The van der Waals surface area contributed by atoms with Crippen LogP contribution in [0, 0.1) is 0 Å². The summed E-state index contributed by atoms with van der Waals surface area (Å²) in [5.74, 6) is -0.743. The van der Waals surface area contributed by atoms with Crippen molar-refractivity contribution in [3.05, 3.63) is 89.5 Å². The number of hydrogen-bond acceptors (Lipinski definition) is 9. The largest absolute Gasteiger partial charge is 0.497 e. The first-order chi connectivity index (χ1) is 24.4. The summed E-state index contributed by atoms with van der Waals surface area (Å²) in [4.78, 5) is 55.5. The van der Waals surface area contributed by atoms with Gasteiger partial charge < -0.3 is 34.7 Å². The summed E-state index contributed by atoms with van der Waals surface area (Å²) in [5, 5.41) is 16.7. The van der Waals surface area contributed by atoms with Crippen LogP contribution in [0.25, 0.3) is 0 Å². The second kappa shape index (κ2) is 16.8. The fourth-order valence-corrected chi connectivity index (χ4v) is 6.37. The second-order valence-corrected chi connectivity index (χ2v) is 13.8. The standard InChI is InChI=1S/C39H47N3O9/c1-39(2,3)51-34(44)23-31(33(43)24-49-21-9-12-25-10-6-5-7-11-25)40-36(45)32-22-27-14-8-13-26-15-20-30(37(46)42(32)35(26)27)41-38(47)50-29-18-16-28(48-4)17-19-29/h5-8,10-11,13-14,16-19,30-33,43H,9,12,15,20-24H2,1-4H3,(H,40,45)(H,41,47). The molecule has 3 aromatic rings. The third-order valence-corrected chi connectivity index (χ3v) is 8.76. The number of carbonyl (C=O) groups is 4. The Morgan fingerprint density at radius 1 is 0.961 bits per heavy atom. The number of nitrogens with zero attached hydrogens (tertiary/aromatic N) is 1. The van der Waals surface area contributed by atoms with Gasteiger partial charge in [0.15, 0.2) is 0 Å². The maximum absolute atomic E-state index is 14.1. The first-order valence-electron chi connectivity index (χ1n) is 17.3. The molecular formula is C39H47N3O9. The van der Waals surface area contributed by atoms with Gasteiger partial charge >= 0.3 is 12.1 Å². The van der Waals surface area contributed by atoms with Crippen molar-refractivity contribution in [2.45, 2.75) is 89.1 Å². The lowest BCUT2D eigenvalue weighted by molar-refractivity contribution is -0.156. The average molecular weight is 702 g/mol. The molecule has 2 aliphatic rings. The number of amides is 3. The maximum atomic E-state index is 14.1. The highest BCUT2D eigenvalue weighted by atomic mass is 16.6. The van der Waals surface area contributed by atoms with Gasteiger partial charge in [-0.05, 0) is 87.4 Å². The monoisotopic (exact) mass is 701 g/mol. The van der Waals surface area contributed by atoms with Crippen LogP contribution in [0.2, 0.25) is 0 Å². The molecule has 4 atom stereocenters. The summed E-state index contributed by atoms with van der Waals surface area (Å²) >= 11 is 0. The Morgan fingerprint density at radius 2 is 1.67 bits per heavy atom. The van der Waals surface area contributed by atoms with Crippen molar-refractivity contribution in [2.75, 3.05) is 25.2 Å². The van der Waals surface area contributed by atoms with E-state index in [-0.39, 0.29) is 25.2 Å². The Bertz CT molecular complexity index is 1670. The second-order valence-electron chi connectivity index (χ2n) is 13.8. The fourth-order valence-electron chi connectivity index (χ4n) is 6.37. The minimum Gasteiger partial charge on any atom is -0.497 e. The van der Waals surface area contributed by atoms with Crippen molar-refractivity contribution < 1.29 is 43.2 Å². The number of nitrogens with one attached hydrogen (secondary N) is 2. The molecule has 272 valence electrons. The first-order valence-corrected chi connectivity index (χ1v) is 17.3. The zero-order valence-electron chi connectivity index (χ0n) is 29.6. The van der Waals surface area contributed by atoms with E-state index < -0.39 is 53.7 Å². The molecule has 0 saturated heterocycles. The summed E-state index contributed by atoms with van der Waals surface area (Å²) in [5.41, 5.74) is 2.73. The lowest BCUT2D eigenvalue weighted by Gasteiger charge is -2.30. The number of esters is 1. The minimum absolute atomic E-state index is 0.122. The Hall–Kier alpha value is -4.94. The fraction of sp³-hybridized carbons (Fsp3) is 0.436. The topological polar surface area (TPSA) is 153 Å². The third kappa shape index (κ3) is 10.1. The van der Waals surface area contributed by atoms with E-state index in [2.05, 4.69) is 10.6 Å². The van der Waals surface area contributed by atoms with Crippen molar-refractivity contribution in [2.24, 2.45) is 0 Å². The minimum atomic E-state index is -1.24. The molecule has 5 rings (SSSR count). The molecule has 3 aromatic carbocycles. The van der Waals surface area contributed by atoms with E-state index in [4.69, 9.17) is 18.9 Å². The van der Waals surface area contributed by atoms with Crippen LogP contribution in [0.4, 0.5) is 10.5 Å². The van der Waals surface area contributed by atoms with Crippen LogP contribution < -0.4 is 25.0 Å². The zero-order chi connectivity index (χ0) is 36.5. The van der Waals surface area contributed by atoms with E-state index in [1.807, 2.05) is 48.5 Å². The number of anilines is 1. The number of aryl methyl sites for hydroxylation is 2. The molecule has 0 spiro atoms. The zero-order valence-corrected chi connectivity index (χ0v) is 29.6. The molecule has 12 nitrogen and oxygen atoms in total. The smallest absolute Gasteiger partial charge is 0.413 e. The number of aliphatic hydroxyl groups excluding tert-OH is 1. The van der Waals surface area contributed by atoms with Crippen LogP contribution in [0.1, 0.15) is 56.7 Å². The molecule has 0 saturated carbocycles. The molecule has 51 heavy (non-hydrogen) atoms. The lowest BCUT2D eigenvalue weighted by atomic mass is 10.0. The van der Waals surface area contributed by atoms with Crippen molar-refractivity contribution in [1.29, 1.82) is 0 Å². The van der Waals surface area contributed by atoms with E-state index in [1.54, 1.807) is 45.0 Å². The van der Waals surface area contributed by atoms with Gasteiger partial charge in [-0.25, -0.2) is 4.79 Å². The number of methoxy groups -OCH3 is 1. The van der Waals surface area contributed by atoms with Crippen LogP contribution in [0.15, 0.2) is 72.8 Å². The van der Waals surface area contributed by atoms with E-state index in [9.17, 15) is 24.3 Å². The number of benzene rings is 3. The first kappa shape index (κ1) is 37.3. The number of ether oxygens (including phenoxy) is 4. The summed E-state index contributed by atoms with van der Waals surface area (Å²) in [7, 11) is 1.53. The van der Waals surface area contributed by atoms with Crippen LogP contribution >= 0.6 is 0 Å². The van der Waals surface area contributed by atoms with Crippen molar-refractivity contribution in [3.8, 4) is 11.5 Å². The van der Waals surface area contributed by atoms with Gasteiger partial charge in [-0.3, -0.25) is 19.3 Å². The van der Waals surface area contributed by atoms with Gasteiger partial charge in [-0.1, -0.05) is 48.5 Å². The predicted octanol–water partition coefficient (Wildman–Crippen LogP) is 4.28. The van der Waals surface area contributed by atoms with Crippen molar-refractivity contribution in [1.82, 2.24) is 10.6 Å². The molecule has 3 N–H and O–H groups in total. The molecule has 0 bridgehead atoms. The lowest BCUT2D eigenvalue weighted by Crippen LogP contribution is -2.57.